The van der Waals surface area contributed by atoms with E-state index in [-0.39, 0.29) is 17.6 Å². The van der Waals surface area contributed by atoms with Crippen molar-refractivity contribution in [1.29, 1.82) is 0 Å². The number of hydrogen-bond acceptors (Lipinski definition) is 3. The normalized spacial score (nSPS) is 47.3. The van der Waals surface area contributed by atoms with E-state index in [1.54, 1.807) is 6.92 Å². The molecule has 18 heavy (non-hydrogen) atoms. The first-order valence-electron chi connectivity index (χ1n) is 7.23. The predicted octanol–water partition coefficient (Wildman–Crippen LogP) is 2.35. The number of hydrogen-bond donors (Lipinski definition) is 2. The van der Waals surface area contributed by atoms with Gasteiger partial charge in [-0.1, -0.05) is 13.8 Å². The molecule has 3 heteroatoms. The van der Waals surface area contributed by atoms with Gasteiger partial charge >= 0.3 is 0 Å². The van der Waals surface area contributed by atoms with Crippen molar-refractivity contribution in [3.05, 3.63) is 0 Å². The van der Waals surface area contributed by atoms with E-state index in [1.165, 1.54) is 0 Å². The van der Waals surface area contributed by atoms with E-state index < -0.39 is 11.7 Å². The van der Waals surface area contributed by atoms with Crippen molar-refractivity contribution in [1.82, 2.24) is 0 Å². The van der Waals surface area contributed by atoms with Crippen molar-refractivity contribution in [2.24, 2.45) is 17.8 Å². The van der Waals surface area contributed by atoms with Crippen LogP contribution in [0.2, 0.25) is 0 Å². The Kier molecular flexibility index (Phi) is 3.54. The molecule has 1 saturated heterocycles. The molecular weight excluding hydrogens is 228 g/mol. The second kappa shape index (κ2) is 4.46. The third-order valence-electron chi connectivity index (χ3n) is 5.06. The highest BCUT2D eigenvalue weighted by molar-refractivity contribution is 5.05. The molecule has 2 bridgehead atoms. The van der Waals surface area contributed by atoms with Crippen molar-refractivity contribution >= 4 is 0 Å². The Morgan fingerprint density at radius 1 is 1.22 bits per heavy atom. The topological polar surface area (TPSA) is 49.7 Å². The van der Waals surface area contributed by atoms with Gasteiger partial charge in [0.15, 0.2) is 0 Å². The van der Waals surface area contributed by atoms with Crippen LogP contribution < -0.4 is 0 Å². The Bertz CT molecular complexity index is 309. The van der Waals surface area contributed by atoms with Gasteiger partial charge in [-0.25, -0.2) is 0 Å². The van der Waals surface area contributed by atoms with E-state index >= 15 is 0 Å². The summed E-state index contributed by atoms with van der Waals surface area (Å²) in [5.41, 5.74) is -1.19. The summed E-state index contributed by atoms with van der Waals surface area (Å²) in [6, 6.07) is 0. The maximum Gasteiger partial charge on any atom is 0.0930 e. The predicted molar refractivity (Wildman–Crippen MR) is 71.3 cm³/mol. The lowest BCUT2D eigenvalue weighted by Gasteiger charge is -2.56. The number of aliphatic hydroxyl groups excluding tert-OH is 1. The molecule has 1 heterocycles. The summed E-state index contributed by atoms with van der Waals surface area (Å²) in [6.07, 6.45) is 1.99. The lowest BCUT2D eigenvalue weighted by Crippen LogP contribution is -2.63. The average molecular weight is 256 g/mol. The highest BCUT2D eigenvalue weighted by Gasteiger charge is 2.56. The minimum absolute atomic E-state index is 0.0567. The fourth-order valence-corrected chi connectivity index (χ4v) is 3.74. The van der Waals surface area contributed by atoms with Gasteiger partial charge in [0.1, 0.15) is 0 Å². The monoisotopic (exact) mass is 256 g/mol. The van der Waals surface area contributed by atoms with Crippen LogP contribution >= 0.6 is 0 Å². The fraction of sp³-hybridized carbons (Fsp3) is 1.00. The minimum atomic E-state index is -1.01. The van der Waals surface area contributed by atoms with E-state index in [9.17, 15) is 10.2 Å². The van der Waals surface area contributed by atoms with Crippen molar-refractivity contribution in [2.45, 2.75) is 77.3 Å². The van der Waals surface area contributed by atoms with Crippen LogP contribution in [0, 0.1) is 17.8 Å². The molecule has 0 aromatic carbocycles. The molecule has 3 nitrogen and oxygen atoms in total. The number of aliphatic hydroxyl groups is 2. The summed E-state index contributed by atoms with van der Waals surface area (Å²) in [5, 5.41) is 20.8. The van der Waals surface area contributed by atoms with Crippen LogP contribution in [-0.4, -0.2) is 33.6 Å². The zero-order valence-corrected chi connectivity index (χ0v) is 12.3. The first-order chi connectivity index (χ1) is 8.14. The Balaban J connectivity index is 2.26. The number of fused-ring (bicyclic) bond motifs is 2. The standard InChI is InChI=1S/C15H28O3/c1-9(2)6-12-11-7-10(14(3,4)18-12)8-13(16)15(11,5)17/h9-13,16-17H,6-8H2,1-5H3/t10?,11?,12-,13-,15-/m0/s1. The summed E-state index contributed by atoms with van der Waals surface area (Å²) >= 11 is 0. The lowest BCUT2D eigenvalue weighted by molar-refractivity contribution is -0.261. The minimum Gasteiger partial charge on any atom is -0.390 e. The van der Waals surface area contributed by atoms with Gasteiger partial charge in [-0.05, 0) is 51.9 Å². The molecule has 0 radical (unpaired) electrons. The molecule has 0 aromatic heterocycles. The Morgan fingerprint density at radius 3 is 2.39 bits per heavy atom. The summed E-state index contributed by atoms with van der Waals surface area (Å²) in [7, 11) is 0. The second-order valence-corrected chi connectivity index (χ2v) is 7.41. The molecule has 0 amide bonds. The third-order valence-corrected chi connectivity index (χ3v) is 5.06. The largest absolute Gasteiger partial charge is 0.390 e. The molecule has 2 fully saturated rings. The van der Waals surface area contributed by atoms with E-state index in [0.29, 0.717) is 18.3 Å². The highest BCUT2D eigenvalue weighted by atomic mass is 16.5. The lowest BCUT2D eigenvalue weighted by atomic mass is 9.61. The first-order valence-corrected chi connectivity index (χ1v) is 7.23. The van der Waals surface area contributed by atoms with Crippen molar-refractivity contribution in [3.63, 3.8) is 0 Å². The molecule has 2 N–H and O–H groups in total. The molecule has 2 rings (SSSR count). The van der Waals surface area contributed by atoms with Gasteiger partial charge in [0.05, 0.1) is 23.4 Å². The molecule has 1 saturated carbocycles. The Morgan fingerprint density at radius 2 is 1.83 bits per heavy atom. The average Bonchev–Trinajstić information content (AvgIpc) is 2.18. The third kappa shape index (κ3) is 2.33. The van der Waals surface area contributed by atoms with Crippen LogP contribution in [-0.2, 0) is 4.74 Å². The van der Waals surface area contributed by atoms with Gasteiger partial charge in [-0.3, -0.25) is 0 Å². The fourth-order valence-electron chi connectivity index (χ4n) is 3.74. The van der Waals surface area contributed by atoms with Crippen LogP contribution in [0.25, 0.3) is 0 Å². The van der Waals surface area contributed by atoms with Gasteiger partial charge in [0, 0.05) is 5.92 Å². The van der Waals surface area contributed by atoms with Gasteiger partial charge in [-0.2, -0.15) is 0 Å². The molecule has 5 atom stereocenters. The summed E-state index contributed by atoms with van der Waals surface area (Å²) < 4.78 is 6.26. The molecular formula is C15H28O3. The van der Waals surface area contributed by atoms with Gasteiger partial charge < -0.3 is 14.9 Å². The number of rotatable bonds is 2. The van der Waals surface area contributed by atoms with Gasteiger partial charge in [0.25, 0.3) is 0 Å². The van der Waals surface area contributed by atoms with Crippen LogP contribution in [0.5, 0.6) is 0 Å². The second-order valence-electron chi connectivity index (χ2n) is 7.41. The van der Waals surface area contributed by atoms with Crippen molar-refractivity contribution in [2.75, 3.05) is 0 Å². The maximum absolute atomic E-state index is 10.6. The summed E-state index contributed by atoms with van der Waals surface area (Å²) in [5.74, 6) is 0.944. The first kappa shape index (κ1) is 14.3. The molecule has 1 aliphatic heterocycles. The summed E-state index contributed by atoms with van der Waals surface area (Å²) in [6.45, 7) is 10.4. The molecule has 106 valence electrons. The molecule has 0 aromatic rings. The molecule has 0 spiro atoms. The van der Waals surface area contributed by atoms with Crippen molar-refractivity contribution < 1.29 is 14.9 Å². The molecule has 1 aliphatic carbocycles. The van der Waals surface area contributed by atoms with E-state index in [2.05, 4.69) is 27.7 Å². The quantitative estimate of drug-likeness (QED) is 0.797. The van der Waals surface area contributed by atoms with E-state index in [1.807, 2.05) is 0 Å². The van der Waals surface area contributed by atoms with Crippen molar-refractivity contribution in [3.8, 4) is 0 Å². The zero-order valence-electron chi connectivity index (χ0n) is 12.3. The van der Waals surface area contributed by atoms with E-state index in [0.717, 1.165) is 12.8 Å². The highest BCUT2D eigenvalue weighted by Crippen LogP contribution is 2.50. The van der Waals surface area contributed by atoms with Crippen LogP contribution in [0.15, 0.2) is 0 Å². The zero-order chi connectivity index (χ0) is 13.7. The number of ether oxygens (including phenoxy) is 1. The van der Waals surface area contributed by atoms with E-state index in [4.69, 9.17) is 4.74 Å². The summed E-state index contributed by atoms with van der Waals surface area (Å²) in [4.78, 5) is 0. The van der Waals surface area contributed by atoms with Crippen LogP contribution in [0.4, 0.5) is 0 Å². The maximum atomic E-state index is 10.6. The molecule has 2 unspecified atom stereocenters. The molecule has 2 aliphatic rings. The Hall–Kier alpha value is -0.120. The smallest absolute Gasteiger partial charge is 0.0930 e. The van der Waals surface area contributed by atoms with Gasteiger partial charge in [0.2, 0.25) is 0 Å². The SMILES string of the molecule is CC(C)C[C@@H]1OC(C)(C)C2CC1[C@](C)(O)[C@@H](O)C2. The van der Waals surface area contributed by atoms with Crippen LogP contribution in [0.1, 0.15) is 53.9 Å². The van der Waals surface area contributed by atoms with Crippen LogP contribution in [0.3, 0.4) is 0 Å². The Labute approximate surface area is 111 Å². The van der Waals surface area contributed by atoms with Gasteiger partial charge in [-0.15, -0.1) is 0 Å².